The molecule has 1 amide bonds. The lowest BCUT2D eigenvalue weighted by Crippen LogP contribution is -2.24. The lowest BCUT2D eigenvalue weighted by atomic mass is 10.00. The molecule has 2 rings (SSSR count). The molecule has 0 fully saturated rings. The Bertz CT molecular complexity index is 713. The number of ether oxygens (including phenoxy) is 1. The number of carbonyl (C=O) groups is 1. The van der Waals surface area contributed by atoms with E-state index in [0.717, 1.165) is 5.56 Å². The van der Waals surface area contributed by atoms with Gasteiger partial charge in [-0.25, -0.2) is 4.39 Å². The van der Waals surface area contributed by atoms with Gasteiger partial charge in [0.05, 0.1) is 12.7 Å². The van der Waals surface area contributed by atoms with E-state index in [0.29, 0.717) is 11.3 Å². The average molecular weight is 317 g/mol. The van der Waals surface area contributed by atoms with Crippen LogP contribution >= 0.6 is 0 Å². The van der Waals surface area contributed by atoms with Gasteiger partial charge in [-0.3, -0.25) is 4.79 Å². The molecular formula is C18H20FNO3. The third-order valence-electron chi connectivity index (χ3n) is 3.64. The fraction of sp³-hybridized carbons (Fsp3) is 0.278. The highest BCUT2D eigenvalue weighted by atomic mass is 19.1. The van der Waals surface area contributed by atoms with E-state index in [-0.39, 0.29) is 23.8 Å². The van der Waals surface area contributed by atoms with Gasteiger partial charge in [0.15, 0.2) is 11.5 Å². The fourth-order valence-corrected chi connectivity index (χ4v) is 2.22. The summed E-state index contributed by atoms with van der Waals surface area (Å²) in [4.78, 5) is 12.2. The topological polar surface area (TPSA) is 58.6 Å². The van der Waals surface area contributed by atoms with E-state index in [1.54, 1.807) is 30.3 Å². The number of carbonyl (C=O) groups excluding carboxylic acids is 1. The normalized spacial score (nSPS) is 10.7. The Morgan fingerprint density at radius 3 is 2.70 bits per heavy atom. The molecule has 0 bridgehead atoms. The molecule has 0 radical (unpaired) electrons. The fourth-order valence-electron chi connectivity index (χ4n) is 2.22. The van der Waals surface area contributed by atoms with Crippen LogP contribution < -0.4 is 10.1 Å². The maximum absolute atomic E-state index is 13.9. The van der Waals surface area contributed by atoms with Crippen LogP contribution in [-0.2, 0) is 6.54 Å². The van der Waals surface area contributed by atoms with Crippen molar-refractivity contribution in [2.75, 3.05) is 7.11 Å². The third kappa shape index (κ3) is 3.80. The number of benzene rings is 2. The predicted octanol–water partition coefficient (Wildman–Crippen LogP) is 3.59. The highest BCUT2D eigenvalue weighted by molar-refractivity contribution is 5.94. The molecule has 0 aromatic heterocycles. The SMILES string of the molecule is COc1cccc(CNC(=O)c2cc(C(C)C)ccc2F)c1O. The van der Waals surface area contributed by atoms with Gasteiger partial charge < -0.3 is 15.2 Å². The number of phenolic OH excluding ortho intramolecular Hbond substituents is 1. The second-order valence-electron chi connectivity index (χ2n) is 5.54. The van der Waals surface area contributed by atoms with Gasteiger partial charge in [0.2, 0.25) is 0 Å². The van der Waals surface area contributed by atoms with Crippen LogP contribution in [0.1, 0.15) is 41.3 Å². The van der Waals surface area contributed by atoms with Crippen molar-refractivity contribution in [1.29, 1.82) is 0 Å². The summed E-state index contributed by atoms with van der Waals surface area (Å²) in [6.07, 6.45) is 0. The van der Waals surface area contributed by atoms with Gasteiger partial charge in [-0.05, 0) is 29.7 Å². The molecule has 0 aliphatic rings. The first-order valence-electron chi connectivity index (χ1n) is 7.36. The summed E-state index contributed by atoms with van der Waals surface area (Å²) < 4.78 is 18.9. The number of hydrogen-bond donors (Lipinski definition) is 2. The molecule has 4 nitrogen and oxygen atoms in total. The lowest BCUT2D eigenvalue weighted by molar-refractivity contribution is 0.0946. The Morgan fingerprint density at radius 1 is 1.30 bits per heavy atom. The molecule has 2 aromatic rings. The summed E-state index contributed by atoms with van der Waals surface area (Å²) in [5.41, 5.74) is 1.39. The first-order chi connectivity index (χ1) is 10.9. The molecular weight excluding hydrogens is 297 g/mol. The highest BCUT2D eigenvalue weighted by Crippen LogP contribution is 2.29. The Kier molecular flexibility index (Phi) is 5.21. The third-order valence-corrected chi connectivity index (χ3v) is 3.64. The zero-order chi connectivity index (χ0) is 17.0. The van der Waals surface area contributed by atoms with Gasteiger partial charge in [0, 0.05) is 12.1 Å². The molecule has 0 heterocycles. The molecule has 2 N–H and O–H groups in total. The molecule has 0 unspecified atom stereocenters. The van der Waals surface area contributed by atoms with Crippen LogP contribution in [0.5, 0.6) is 11.5 Å². The monoisotopic (exact) mass is 317 g/mol. The second kappa shape index (κ2) is 7.13. The zero-order valence-electron chi connectivity index (χ0n) is 13.4. The number of para-hydroxylation sites is 1. The van der Waals surface area contributed by atoms with Crippen LogP contribution in [0.3, 0.4) is 0 Å². The molecule has 23 heavy (non-hydrogen) atoms. The van der Waals surface area contributed by atoms with Crippen molar-refractivity contribution in [3.63, 3.8) is 0 Å². The molecule has 0 aliphatic carbocycles. The van der Waals surface area contributed by atoms with Crippen molar-refractivity contribution in [2.45, 2.75) is 26.3 Å². The van der Waals surface area contributed by atoms with Gasteiger partial charge >= 0.3 is 0 Å². The van der Waals surface area contributed by atoms with E-state index in [4.69, 9.17) is 4.74 Å². The first-order valence-corrected chi connectivity index (χ1v) is 7.36. The van der Waals surface area contributed by atoms with Crippen LogP contribution in [0.15, 0.2) is 36.4 Å². The van der Waals surface area contributed by atoms with Crippen LogP contribution in [0, 0.1) is 5.82 Å². The molecule has 0 saturated heterocycles. The van der Waals surface area contributed by atoms with E-state index >= 15 is 0 Å². The Hall–Kier alpha value is -2.56. The lowest BCUT2D eigenvalue weighted by Gasteiger charge is -2.12. The maximum atomic E-state index is 13.9. The average Bonchev–Trinajstić information content (AvgIpc) is 2.53. The van der Waals surface area contributed by atoms with Gasteiger partial charge in [-0.15, -0.1) is 0 Å². The van der Waals surface area contributed by atoms with Crippen LogP contribution in [0.2, 0.25) is 0 Å². The minimum absolute atomic E-state index is 0.00131. The Labute approximate surface area is 134 Å². The number of rotatable bonds is 5. The number of nitrogens with one attached hydrogen (secondary N) is 1. The van der Waals surface area contributed by atoms with Crippen LogP contribution in [0.4, 0.5) is 4.39 Å². The maximum Gasteiger partial charge on any atom is 0.254 e. The zero-order valence-corrected chi connectivity index (χ0v) is 13.4. The smallest absolute Gasteiger partial charge is 0.254 e. The van der Waals surface area contributed by atoms with E-state index in [2.05, 4.69) is 5.32 Å². The van der Waals surface area contributed by atoms with E-state index in [9.17, 15) is 14.3 Å². The van der Waals surface area contributed by atoms with E-state index < -0.39 is 11.7 Å². The quantitative estimate of drug-likeness (QED) is 0.886. The van der Waals surface area contributed by atoms with Crippen molar-refractivity contribution < 1.29 is 19.0 Å². The highest BCUT2D eigenvalue weighted by Gasteiger charge is 2.15. The Morgan fingerprint density at radius 2 is 2.04 bits per heavy atom. The number of hydrogen-bond acceptors (Lipinski definition) is 3. The van der Waals surface area contributed by atoms with Crippen LogP contribution in [-0.4, -0.2) is 18.1 Å². The molecule has 0 aliphatic heterocycles. The largest absolute Gasteiger partial charge is 0.504 e. The second-order valence-corrected chi connectivity index (χ2v) is 5.54. The first kappa shape index (κ1) is 16.8. The molecule has 0 saturated carbocycles. The number of phenols is 1. The van der Waals surface area contributed by atoms with Gasteiger partial charge in [0.1, 0.15) is 5.82 Å². The summed E-state index contributed by atoms with van der Waals surface area (Å²) in [6.45, 7) is 4.03. The van der Waals surface area contributed by atoms with Crippen molar-refractivity contribution >= 4 is 5.91 Å². The van der Waals surface area contributed by atoms with E-state index in [1.807, 2.05) is 13.8 Å². The standard InChI is InChI=1S/C18H20FNO3/c1-11(2)12-7-8-15(19)14(9-12)18(22)20-10-13-5-4-6-16(23-3)17(13)21/h4-9,11,21H,10H2,1-3H3,(H,20,22). The minimum atomic E-state index is -0.568. The summed E-state index contributed by atoms with van der Waals surface area (Å²) in [5.74, 6) is -0.602. The molecule has 2 aromatic carbocycles. The van der Waals surface area contributed by atoms with Crippen molar-refractivity contribution in [3.05, 3.63) is 58.9 Å². The summed E-state index contributed by atoms with van der Waals surface area (Å²) >= 11 is 0. The number of aromatic hydroxyl groups is 1. The Balaban J connectivity index is 2.16. The minimum Gasteiger partial charge on any atom is -0.504 e. The van der Waals surface area contributed by atoms with Gasteiger partial charge in [-0.1, -0.05) is 32.0 Å². The summed E-state index contributed by atoms with van der Waals surface area (Å²) in [5, 5.41) is 12.6. The summed E-state index contributed by atoms with van der Waals surface area (Å²) in [6, 6.07) is 9.52. The number of halogens is 1. The number of amides is 1. The van der Waals surface area contributed by atoms with Gasteiger partial charge in [-0.2, -0.15) is 0 Å². The molecule has 0 spiro atoms. The molecule has 122 valence electrons. The van der Waals surface area contributed by atoms with Crippen molar-refractivity contribution in [3.8, 4) is 11.5 Å². The van der Waals surface area contributed by atoms with E-state index in [1.165, 1.54) is 13.2 Å². The number of methoxy groups -OCH3 is 1. The van der Waals surface area contributed by atoms with Crippen LogP contribution in [0.25, 0.3) is 0 Å². The summed E-state index contributed by atoms with van der Waals surface area (Å²) in [7, 11) is 1.45. The van der Waals surface area contributed by atoms with Crippen molar-refractivity contribution in [1.82, 2.24) is 5.32 Å². The molecule has 0 atom stereocenters. The van der Waals surface area contributed by atoms with Crippen molar-refractivity contribution in [2.24, 2.45) is 0 Å². The predicted molar refractivity (Wildman–Crippen MR) is 86.3 cm³/mol. The van der Waals surface area contributed by atoms with Gasteiger partial charge in [0.25, 0.3) is 5.91 Å². The molecule has 5 heteroatoms.